The lowest BCUT2D eigenvalue weighted by atomic mass is 9.92. The average Bonchev–Trinajstić information content (AvgIpc) is 3.23. The summed E-state index contributed by atoms with van der Waals surface area (Å²) in [5.41, 5.74) is 3.71. The zero-order valence-corrected chi connectivity index (χ0v) is 32.3. The van der Waals surface area contributed by atoms with Gasteiger partial charge in [-0.2, -0.15) is 0 Å². The quantitative estimate of drug-likeness (QED) is 0.0444. The van der Waals surface area contributed by atoms with Gasteiger partial charge in [-0.15, -0.1) is 13.2 Å². The summed E-state index contributed by atoms with van der Waals surface area (Å²) < 4.78 is 16.2. The van der Waals surface area contributed by atoms with Crippen molar-refractivity contribution in [3.63, 3.8) is 0 Å². The Balaban J connectivity index is 1.36. The molecular formula is C44H54N4O9. The number of hydrogen-bond acceptors (Lipinski definition) is 9. The molecular weight excluding hydrogens is 729 g/mol. The lowest BCUT2D eigenvalue weighted by molar-refractivity contribution is -0.147. The van der Waals surface area contributed by atoms with E-state index in [0.717, 1.165) is 22.3 Å². The van der Waals surface area contributed by atoms with Crippen LogP contribution >= 0.6 is 0 Å². The van der Waals surface area contributed by atoms with Gasteiger partial charge in [0, 0.05) is 19.5 Å². The Bertz CT molecular complexity index is 1770. The van der Waals surface area contributed by atoms with E-state index in [1.54, 1.807) is 23.1 Å². The zero-order valence-electron chi connectivity index (χ0n) is 32.3. The van der Waals surface area contributed by atoms with Gasteiger partial charge in [0.15, 0.2) is 0 Å². The fraction of sp³-hybridized carbons (Fsp3) is 0.386. The molecule has 1 aliphatic heterocycles. The zero-order chi connectivity index (χ0) is 40.8. The van der Waals surface area contributed by atoms with Gasteiger partial charge in [0.25, 0.3) is 0 Å². The number of alkyl carbamates (subject to hydrolysis) is 2. The van der Waals surface area contributed by atoms with Crippen molar-refractivity contribution in [2.75, 3.05) is 19.8 Å². The highest BCUT2D eigenvalue weighted by Gasteiger charge is 2.32. The highest BCUT2D eigenvalue weighted by atomic mass is 16.6. The molecule has 13 heteroatoms. The Morgan fingerprint density at radius 1 is 0.772 bits per heavy atom. The molecule has 0 radical (unpaired) electrons. The summed E-state index contributed by atoms with van der Waals surface area (Å²) in [4.78, 5) is 67.2. The predicted molar refractivity (Wildman–Crippen MR) is 214 cm³/mol. The number of aliphatic hydroxyl groups is 1. The molecule has 1 heterocycles. The number of benzene rings is 3. The van der Waals surface area contributed by atoms with Crippen molar-refractivity contribution < 1.29 is 43.3 Å². The number of nitrogens with zero attached hydrogens (tertiary/aromatic N) is 1. The van der Waals surface area contributed by atoms with E-state index in [1.807, 2.05) is 72.8 Å². The summed E-state index contributed by atoms with van der Waals surface area (Å²) in [6.07, 6.45) is 3.78. The molecule has 0 saturated heterocycles. The summed E-state index contributed by atoms with van der Waals surface area (Å²) in [6.45, 7) is 7.83. The minimum Gasteiger partial charge on any atom is -0.462 e. The Labute approximate surface area is 334 Å². The van der Waals surface area contributed by atoms with Gasteiger partial charge in [0.1, 0.15) is 25.9 Å². The summed E-state index contributed by atoms with van der Waals surface area (Å²) in [5.74, 6) is -2.21. The van der Waals surface area contributed by atoms with Crippen molar-refractivity contribution in [2.45, 2.75) is 82.8 Å². The number of allylic oxidation sites excluding steroid dienone is 1. The van der Waals surface area contributed by atoms with Crippen LogP contribution in [0.2, 0.25) is 0 Å². The molecule has 0 bridgehead atoms. The molecule has 0 unspecified atom stereocenters. The molecule has 4 atom stereocenters. The largest absolute Gasteiger partial charge is 0.462 e. The number of ether oxygens (including phenoxy) is 3. The Kier molecular flexibility index (Phi) is 18.3. The second-order valence-corrected chi connectivity index (χ2v) is 13.9. The molecule has 0 saturated carbocycles. The van der Waals surface area contributed by atoms with E-state index in [9.17, 15) is 29.1 Å². The smallest absolute Gasteiger partial charge is 0.408 e. The lowest BCUT2D eigenvalue weighted by Crippen LogP contribution is -2.48. The summed E-state index contributed by atoms with van der Waals surface area (Å²) >= 11 is 0. The third-order valence-corrected chi connectivity index (χ3v) is 9.56. The van der Waals surface area contributed by atoms with Crippen LogP contribution in [0.4, 0.5) is 9.59 Å². The molecule has 0 spiro atoms. The highest BCUT2D eigenvalue weighted by molar-refractivity contribution is 5.86. The molecule has 57 heavy (non-hydrogen) atoms. The first kappa shape index (κ1) is 43.8. The van der Waals surface area contributed by atoms with Crippen molar-refractivity contribution in [1.82, 2.24) is 20.9 Å². The number of rotatable bonds is 22. The van der Waals surface area contributed by atoms with Crippen LogP contribution in [0.15, 0.2) is 110 Å². The van der Waals surface area contributed by atoms with Gasteiger partial charge >= 0.3 is 18.2 Å². The normalized spacial score (nSPS) is 14.8. The molecule has 3 aromatic carbocycles. The molecule has 0 fully saturated rings. The fourth-order valence-electron chi connectivity index (χ4n) is 6.42. The van der Waals surface area contributed by atoms with Gasteiger partial charge in [0.2, 0.25) is 11.8 Å². The van der Waals surface area contributed by atoms with Crippen LogP contribution in [0, 0.1) is 5.92 Å². The first-order chi connectivity index (χ1) is 27.7. The molecule has 0 aromatic heterocycles. The van der Waals surface area contributed by atoms with Crippen molar-refractivity contribution in [3.05, 3.63) is 132 Å². The Morgan fingerprint density at radius 3 is 2.02 bits per heavy atom. The fourth-order valence-corrected chi connectivity index (χ4v) is 6.42. The summed E-state index contributed by atoms with van der Waals surface area (Å²) in [5, 5.41) is 18.3. The molecule has 4 amide bonds. The van der Waals surface area contributed by atoms with Gasteiger partial charge in [-0.3, -0.25) is 9.59 Å². The number of amides is 4. The maximum absolute atomic E-state index is 13.8. The Morgan fingerprint density at radius 2 is 1.39 bits per heavy atom. The number of carbonyl (C=O) groups excluding carboxylic acids is 5. The van der Waals surface area contributed by atoms with Crippen LogP contribution in [-0.4, -0.2) is 77.9 Å². The number of carbonyl (C=O) groups is 5. The standard InChI is InChI=1S/C44H54N4O9/c1-3-15-35(26-40(50)48-27-36-22-12-11-21-34(36)25-38(48)28-49)41(51)46-37(23-13-14-24-45-43(53)56-29-32-17-7-5-8-18-32)31-55-42(52)39(16-4-2)47-44(54)57-30-33-19-9-6-10-20-33/h3-12,17-22,35,37-39,49H,1-2,13-16,23-31H2,(H,45,53)(H,46,51)(H,47,54)/t35-,37+,38+,39-/m1/s1. The second-order valence-electron chi connectivity index (χ2n) is 13.9. The number of fused-ring (bicyclic) bond motifs is 1. The minimum atomic E-state index is -1.09. The lowest BCUT2D eigenvalue weighted by Gasteiger charge is -2.36. The molecule has 3 aromatic rings. The van der Waals surface area contributed by atoms with Crippen molar-refractivity contribution in [3.8, 4) is 0 Å². The third-order valence-electron chi connectivity index (χ3n) is 9.56. The SMILES string of the molecule is C=CC[C@H](CC(=O)N1Cc2ccccc2C[C@H]1CO)C(=O)N[C@@H](CCCCNC(=O)OCc1ccccc1)COC(=O)[C@@H](CC=C)NC(=O)OCc1ccccc1. The van der Waals surface area contributed by atoms with Crippen LogP contribution in [0.5, 0.6) is 0 Å². The number of unbranched alkanes of at least 4 members (excludes halogenated alkanes) is 1. The van der Waals surface area contributed by atoms with Crippen molar-refractivity contribution in [2.24, 2.45) is 5.92 Å². The van der Waals surface area contributed by atoms with E-state index in [4.69, 9.17) is 14.2 Å². The summed E-state index contributed by atoms with van der Waals surface area (Å²) in [6, 6.07) is 24.0. The number of hydrogen-bond donors (Lipinski definition) is 4. The highest BCUT2D eigenvalue weighted by Crippen LogP contribution is 2.25. The third kappa shape index (κ3) is 14.9. The van der Waals surface area contributed by atoms with E-state index in [2.05, 4.69) is 29.1 Å². The molecule has 4 N–H and O–H groups in total. The number of nitrogens with one attached hydrogen (secondary N) is 3. The van der Waals surface area contributed by atoms with Gasteiger partial charge in [0.05, 0.1) is 24.6 Å². The van der Waals surface area contributed by atoms with Crippen LogP contribution in [0.25, 0.3) is 0 Å². The van der Waals surface area contributed by atoms with Gasteiger partial charge in [-0.1, -0.05) is 97.1 Å². The monoisotopic (exact) mass is 782 g/mol. The first-order valence-corrected chi connectivity index (χ1v) is 19.3. The maximum Gasteiger partial charge on any atom is 0.408 e. The topological polar surface area (TPSA) is 173 Å². The van der Waals surface area contributed by atoms with Gasteiger partial charge < -0.3 is 40.2 Å². The number of esters is 1. The van der Waals surface area contributed by atoms with Crippen LogP contribution in [0.3, 0.4) is 0 Å². The van der Waals surface area contributed by atoms with Crippen LogP contribution in [-0.2, 0) is 54.8 Å². The second kappa shape index (κ2) is 23.9. The van der Waals surface area contributed by atoms with E-state index in [0.29, 0.717) is 38.8 Å². The minimum absolute atomic E-state index is 0.0102. The predicted octanol–water partition coefficient (Wildman–Crippen LogP) is 5.51. The van der Waals surface area contributed by atoms with Crippen LogP contribution in [0.1, 0.15) is 60.8 Å². The first-order valence-electron chi connectivity index (χ1n) is 19.3. The van der Waals surface area contributed by atoms with E-state index < -0.39 is 48.1 Å². The van der Waals surface area contributed by atoms with Gasteiger partial charge in [-0.05, 0) is 60.8 Å². The van der Waals surface area contributed by atoms with Crippen LogP contribution < -0.4 is 16.0 Å². The average molecular weight is 783 g/mol. The van der Waals surface area contributed by atoms with E-state index >= 15 is 0 Å². The molecule has 1 aliphatic rings. The van der Waals surface area contributed by atoms with Gasteiger partial charge in [-0.25, -0.2) is 14.4 Å². The van der Waals surface area contributed by atoms with E-state index in [1.165, 1.54) is 6.08 Å². The van der Waals surface area contributed by atoms with E-state index in [-0.39, 0.29) is 51.6 Å². The molecule has 4 rings (SSSR count). The maximum atomic E-state index is 13.8. The Hall–Kier alpha value is -5.95. The molecule has 304 valence electrons. The molecule has 13 nitrogen and oxygen atoms in total. The number of aliphatic hydroxyl groups excluding tert-OH is 1. The van der Waals surface area contributed by atoms with Crippen molar-refractivity contribution >= 4 is 30.0 Å². The molecule has 0 aliphatic carbocycles. The summed E-state index contributed by atoms with van der Waals surface area (Å²) in [7, 11) is 0. The van der Waals surface area contributed by atoms with Crippen molar-refractivity contribution in [1.29, 1.82) is 0 Å².